The maximum absolute atomic E-state index is 9.98. The van der Waals surface area contributed by atoms with E-state index < -0.39 is 0 Å². The number of nitroso groups, excluding NO2 is 2. The normalized spacial score (nSPS) is 20.6. The molecule has 1 aliphatic rings. The lowest BCUT2D eigenvalue weighted by Crippen LogP contribution is -2.30. The molecule has 0 aliphatic carbocycles. The highest BCUT2D eigenvalue weighted by atomic mass is 16.3. The maximum Gasteiger partial charge on any atom is 0.0954 e. The predicted molar refractivity (Wildman–Crippen MR) is 36.2 cm³/mol. The molecule has 0 radical (unpaired) electrons. The molecule has 10 heavy (non-hydrogen) atoms. The van der Waals surface area contributed by atoms with Crippen molar-refractivity contribution < 1.29 is 0 Å². The Bertz CT molecular complexity index is 115. The van der Waals surface area contributed by atoms with Crippen LogP contribution in [0.25, 0.3) is 0 Å². The summed E-state index contributed by atoms with van der Waals surface area (Å²) in [6.45, 7) is 1.14. The Morgan fingerprint density at radius 3 is 2.20 bits per heavy atom. The number of piperidine rings is 1. The van der Waals surface area contributed by atoms with E-state index in [2.05, 4.69) is 10.5 Å². The maximum atomic E-state index is 9.98. The summed E-state index contributed by atoms with van der Waals surface area (Å²) < 4.78 is 0. The summed E-state index contributed by atoms with van der Waals surface area (Å²) in [6.07, 6.45) is 1.32. The fourth-order valence-electron chi connectivity index (χ4n) is 1.04. The van der Waals surface area contributed by atoms with Crippen LogP contribution in [-0.2, 0) is 0 Å². The molecule has 56 valence electrons. The van der Waals surface area contributed by atoms with Gasteiger partial charge in [0, 0.05) is 13.1 Å². The third-order valence-electron chi connectivity index (χ3n) is 1.71. The van der Waals surface area contributed by atoms with E-state index >= 15 is 0 Å². The Labute approximate surface area is 58.3 Å². The smallest absolute Gasteiger partial charge is 0.0954 e. The number of hydrogen-bond acceptors (Lipinski definition) is 4. The first kappa shape index (κ1) is 7.11. The largest absolute Gasteiger partial charge is 0.261 e. The molecule has 5 heteroatoms. The third-order valence-corrected chi connectivity index (χ3v) is 1.71. The summed E-state index contributed by atoms with van der Waals surface area (Å²) in [5.41, 5.74) is 0. The molecule has 0 aromatic rings. The minimum absolute atomic E-state index is 0.0991. The van der Waals surface area contributed by atoms with Crippen molar-refractivity contribution >= 4 is 0 Å². The SMILES string of the molecule is O=NC1CCN(N=O)CC1. The first-order chi connectivity index (χ1) is 4.86. The second-order valence-corrected chi connectivity index (χ2v) is 2.37. The number of rotatable bonds is 2. The Morgan fingerprint density at radius 2 is 1.80 bits per heavy atom. The van der Waals surface area contributed by atoms with Crippen LogP contribution in [0.1, 0.15) is 12.8 Å². The lowest BCUT2D eigenvalue weighted by Gasteiger charge is -2.22. The van der Waals surface area contributed by atoms with Crippen LogP contribution >= 0.6 is 0 Å². The van der Waals surface area contributed by atoms with Gasteiger partial charge >= 0.3 is 0 Å². The first-order valence-corrected chi connectivity index (χ1v) is 3.27. The van der Waals surface area contributed by atoms with Crippen LogP contribution in [0.3, 0.4) is 0 Å². The van der Waals surface area contributed by atoms with Gasteiger partial charge in [-0.25, -0.2) is 0 Å². The van der Waals surface area contributed by atoms with E-state index in [0.717, 1.165) is 0 Å². The van der Waals surface area contributed by atoms with Gasteiger partial charge in [0.2, 0.25) is 0 Å². The Balaban J connectivity index is 2.30. The van der Waals surface area contributed by atoms with Gasteiger partial charge in [0.05, 0.1) is 11.3 Å². The van der Waals surface area contributed by atoms with E-state index in [-0.39, 0.29) is 6.04 Å². The minimum Gasteiger partial charge on any atom is -0.261 e. The van der Waals surface area contributed by atoms with Gasteiger partial charge in [0.25, 0.3) is 0 Å². The summed E-state index contributed by atoms with van der Waals surface area (Å²) in [7, 11) is 0. The molecule has 1 saturated heterocycles. The first-order valence-electron chi connectivity index (χ1n) is 3.27. The van der Waals surface area contributed by atoms with Crippen LogP contribution < -0.4 is 0 Å². The van der Waals surface area contributed by atoms with Crippen molar-refractivity contribution in [3.63, 3.8) is 0 Å². The predicted octanol–water partition coefficient (Wildman–Crippen LogP) is 0.899. The summed E-state index contributed by atoms with van der Waals surface area (Å²) in [4.78, 5) is 19.9. The Morgan fingerprint density at radius 1 is 1.20 bits per heavy atom. The van der Waals surface area contributed by atoms with E-state index in [0.29, 0.717) is 25.9 Å². The minimum atomic E-state index is -0.0991. The topological polar surface area (TPSA) is 62.1 Å². The van der Waals surface area contributed by atoms with Gasteiger partial charge in [0.1, 0.15) is 0 Å². The molecule has 1 rings (SSSR count). The molecule has 0 aromatic heterocycles. The summed E-state index contributed by atoms with van der Waals surface area (Å²) in [6, 6.07) is -0.0991. The van der Waals surface area contributed by atoms with E-state index in [1.165, 1.54) is 5.01 Å². The number of nitrogens with zero attached hydrogens (tertiary/aromatic N) is 3. The molecule has 1 heterocycles. The molecule has 0 bridgehead atoms. The van der Waals surface area contributed by atoms with Crippen LogP contribution in [0.2, 0.25) is 0 Å². The number of hydrogen-bond donors (Lipinski definition) is 0. The molecule has 0 amide bonds. The monoisotopic (exact) mass is 143 g/mol. The summed E-state index contributed by atoms with van der Waals surface area (Å²) in [5, 5.41) is 7.07. The van der Waals surface area contributed by atoms with Gasteiger partial charge in [-0.15, -0.1) is 4.91 Å². The van der Waals surface area contributed by atoms with Gasteiger partial charge in [-0.3, -0.25) is 5.01 Å². The van der Waals surface area contributed by atoms with E-state index in [4.69, 9.17) is 0 Å². The molecule has 0 atom stereocenters. The summed E-state index contributed by atoms with van der Waals surface area (Å²) >= 11 is 0. The zero-order valence-electron chi connectivity index (χ0n) is 5.56. The molecule has 0 saturated carbocycles. The molecule has 5 nitrogen and oxygen atoms in total. The van der Waals surface area contributed by atoms with Crippen LogP contribution in [0, 0.1) is 9.81 Å². The van der Waals surface area contributed by atoms with Crippen molar-refractivity contribution in [2.45, 2.75) is 18.9 Å². The average molecular weight is 143 g/mol. The van der Waals surface area contributed by atoms with Crippen molar-refractivity contribution in [3.05, 3.63) is 9.81 Å². The fraction of sp³-hybridized carbons (Fsp3) is 1.00. The summed E-state index contributed by atoms with van der Waals surface area (Å²) in [5.74, 6) is 0. The lowest BCUT2D eigenvalue weighted by atomic mass is 10.1. The molecule has 0 unspecified atom stereocenters. The van der Waals surface area contributed by atoms with Gasteiger partial charge in [-0.05, 0) is 12.8 Å². The Kier molecular flexibility index (Phi) is 2.30. The Hall–Kier alpha value is -1.00. The van der Waals surface area contributed by atoms with Crippen LogP contribution in [-0.4, -0.2) is 24.1 Å². The van der Waals surface area contributed by atoms with E-state index in [1.807, 2.05) is 0 Å². The highest BCUT2D eigenvalue weighted by Crippen LogP contribution is 2.12. The van der Waals surface area contributed by atoms with Crippen molar-refractivity contribution in [1.29, 1.82) is 0 Å². The van der Waals surface area contributed by atoms with Crippen molar-refractivity contribution in [1.82, 2.24) is 5.01 Å². The molecular formula is C5H9N3O2. The highest BCUT2D eigenvalue weighted by molar-refractivity contribution is 4.74. The van der Waals surface area contributed by atoms with Crippen molar-refractivity contribution in [3.8, 4) is 0 Å². The van der Waals surface area contributed by atoms with Gasteiger partial charge < -0.3 is 0 Å². The zero-order chi connectivity index (χ0) is 7.40. The van der Waals surface area contributed by atoms with Crippen LogP contribution in [0.5, 0.6) is 0 Å². The fourth-order valence-corrected chi connectivity index (χ4v) is 1.04. The quantitative estimate of drug-likeness (QED) is 0.539. The lowest BCUT2D eigenvalue weighted by molar-refractivity contribution is 0.219. The molecule has 1 aliphatic heterocycles. The molecular weight excluding hydrogens is 134 g/mol. The van der Waals surface area contributed by atoms with Gasteiger partial charge in [0.15, 0.2) is 0 Å². The van der Waals surface area contributed by atoms with Gasteiger partial charge in [-0.1, -0.05) is 5.18 Å². The standard InChI is InChI=1S/C5H9N3O2/c9-6-5-1-3-8(7-10)4-2-5/h5H,1-4H2. The molecule has 0 N–H and O–H groups in total. The van der Waals surface area contributed by atoms with Crippen LogP contribution in [0.15, 0.2) is 10.5 Å². The molecule has 0 aromatic carbocycles. The molecule has 0 spiro atoms. The zero-order valence-corrected chi connectivity index (χ0v) is 5.56. The third kappa shape index (κ3) is 1.49. The second-order valence-electron chi connectivity index (χ2n) is 2.37. The van der Waals surface area contributed by atoms with Crippen molar-refractivity contribution in [2.24, 2.45) is 10.5 Å². The highest BCUT2D eigenvalue weighted by Gasteiger charge is 2.18. The van der Waals surface area contributed by atoms with Crippen molar-refractivity contribution in [2.75, 3.05) is 13.1 Å². The van der Waals surface area contributed by atoms with Gasteiger partial charge in [-0.2, -0.15) is 4.91 Å². The average Bonchev–Trinajstić information content (AvgIpc) is 2.05. The molecule has 1 fully saturated rings. The second kappa shape index (κ2) is 3.24. The van der Waals surface area contributed by atoms with E-state index in [1.54, 1.807) is 0 Å². The van der Waals surface area contributed by atoms with Crippen LogP contribution in [0.4, 0.5) is 0 Å². The van der Waals surface area contributed by atoms with E-state index in [9.17, 15) is 9.81 Å².